The largest absolute Gasteiger partial charge is 0.369 e. The Kier molecular flexibility index (Phi) is 2.49. The van der Waals surface area contributed by atoms with Crippen LogP contribution in [0.25, 0.3) is 0 Å². The summed E-state index contributed by atoms with van der Waals surface area (Å²) in [5.41, 5.74) is 5.30. The van der Waals surface area contributed by atoms with Crippen molar-refractivity contribution in [1.29, 1.82) is 0 Å². The Labute approximate surface area is 81.7 Å². The number of rotatable bonds is 2. The minimum absolute atomic E-state index is 0.255. The van der Waals surface area contributed by atoms with Crippen molar-refractivity contribution in [3.05, 3.63) is 18.2 Å². The lowest BCUT2D eigenvalue weighted by Gasteiger charge is -2.27. The zero-order valence-electron chi connectivity index (χ0n) is 7.77. The van der Waals surface area contributed by atoms with Gasteiger partial charge in [-0.05, 0) is 12.8 Å². The van der Waals surface area contributed by atoms with Gasteiger partial charge in [0.25, 0.3) is 0 Å². The van der Waals surface area contributed by atoms with Gasteiger partial charge in [0, 0.05) is 19.0 Å². The number of hydrogen-bond acceptors (Lipinski definition) is 3. The fourth-order valence-corrected chi connectivity index (χ4v) is 1.78. The predicted octanol–water partition coefficient (Wildman–Crippen LogP) is 0.363. The Hall–Kier alpha value is -1.36. The highest BCUT2D eigenvalue weighted by atomic mass is 16.5. The first-order valence-electron chi connectivity index (χ1n) is 4.69. The van der Waals surface area contributed by atoms with Crippen LogP contribution in [0, 0.1) is 5.92 Å². The lowest BCUT2D eigenvalue weighted by atomic mass is 9.93. The Morgan fingerprint density at radius 2 is 2.57 bits per heavy atom. The van der Waals surface area contributed by atoms with Gasteiger partial charge in [-0.2, -0.15) is 0 Å². The Morgan fingerprint density at radius 3 is 3.21 bits per heavy atom. The molecular formula is C9H13N3O2. The van der Waals surface area contributed by atoms with Gasteiger partial charge >= 0.3 is 0 Å². The average molecular weight is 195 g/mol. The molecular weight excluding hydrogens is 182 g/mol. The highest BCUT2D eigenvalue weighted by Gasteiger charge is 2.33. The van der Waals surface area contributed by atoms with E-state index in [0.717, 1.165) is 12.8 Å². The normalized spacial score (nSPS) is 27.4. The van der Waals surface area contributed by atoms with E-state index in [1.807, 2.05) is 0 Å². The molecule has 2 heterocycles. The first kappa shape index (κ1) is 9.21. The molecule has 1 aromatic heterocycles. The molecule has 1 aliphatic rings. The molecule has 0 bridgehead atoms. The molecule has 0 radical (unpaired) electrons. The molecule has 2 atom stereocenters. The summed E-state index contributed by atoms with van der Waals surface area (Å²) in [6.45, 7) is 0.662. The highest BCUT2D eigenvalue weighted by Crippen LogP contribution is 2.31. The van der Waals surface area contributed by atoms with Crippen molar-refractivity contribution >= 4 is 5.91 Å². The molecule has 14 heavy (non-hydrogen) atoms. The summed E-state index contributed by atoms with van der Waals surface area (Å²) < 4.78 is 5.50. The van der Waals surface area contributed by atoms with Crippen molar-refractivity contribution in [1.82, 2.24) is 9.97 Å². The standard InChI is InChI=1S/C9H13N3O2/c10-8(13)6-2-1-5-14-7(6)9-11-3-4-12-9/h3-4,6-7H,1-2,5H2,(H2,10,13)(H,11,12). The number of aromatic amines is 1. The number of primary amides is 1. The number of carbonyl (C=O) groups excluding carboxylic acids is 1. The number of imidazole rings is 1. The summed E-state index contributed by atoms with van der Waals surface area (Å²) >= 11 is 0. The molecule has 2 unspecified atom stereocenters. The maximum atomic E-state index is 11.2. The molecule has 1 aliphatic heterocycles. The van der Waals surface area contributed by atoms with Gasteiger partial charge in [-0.25, -0.2) is 4.98 Å². The van der Waals surface area contributed by atoms with Gasteiger partial charge in [-0.3, -0.25) is 4.79 Å². The van der Waals surface area contributed by atoms with E-state index in [1.54, 1.807) is 12.4 Å². The second-order valence-corrected chi connectivity index (χ2v) is 3.42. The summed E-state index contributed by atoms with van der Waals surface area (Å²) in [5, 5.41) is 0. The first-order chi connectivity index (χ1) is 6.79. The van der Waals surface area contributed by atoms with Crippen LogP contribution in [0.1, 0.15) is 24.8 Å². The van der Waals surface area contributed by atoms with Gasteiger partial charge in [-0.15, -0.1) is 0 Å². The number of hydrogen-bond donors (Lipinski definition) is 2. The number of ether oxygens (including phenoxy) is 1. The number of nitrogens with two attached hydrogens (primary N) is 1. The number of H-pyrrole nitrogens is 1. The smallest absolute Gasteiger partial charge is 0.223 e. The maximum absolute atomic E-state index is 11.2. The van der Waals surface area contributed by atoms with Crippen molar-refractivity contribution in [3.8, 4) is 0 Å². The van der Waals surface area contributed by atoms with Gasteiger partial charge < -0.3 is 15.5 Å². The van der Waals surface area contributed by atoms with Crippen LogP contribution in [0.5, 0.6) is 0 Å². The Bertz CT molecular complexity index is 310. The van der Waals surface area contributed by atoms with E-state index in [2.05, 4.69) is 9.97 Å². The zero-order valence-corrected chi connectivity index (χ0v) is 7.77. The molecule has 0 spiro atoms. The van der Waals surface area contributed by atoms with Crippen LogP contribution in [0.3, 0.4) is 0 Å². The topological polar surface area (TPSA) is 81.0 Å². The monoisotopic (exact) mass is 195 g/mol. The highest BCUT2D eigenvalue weighted by molar-refractivity contribution is 5.77. The zero-order chi connectivity index (χ0) is 9.97. The van der Waals surface area contributed by atoms with Crippen molar-refractivity contribution < 1.29 is 9.53 Å². The first-order valence-corrected chi connectivity index (χ1v) is 4.69. The van der Waals surface area contributed by atoms with Crippen molar-refractivity contribution in [2.75, 3.05) is 6.61 Å². The number of aromatic nitrogens is 2. The Balaban J connectivity index is 2.18. The number of nitrogens with zero attached hydrogens (tertiary/aromatic N) is 1. The maximum Gasteiger partial charge on any atom is 0.223 e. The summed E-state index contributed by atoms with van der Waals surface area (Å²) in [6, 6.07) is 0. The predicted molar refractivity (Wildman–Crippen MR) is 49.2 cm³/mol. The summed E-state index contributed by atoms with van der Waals surface area (Å²) in [4.78, 5) is 18.2. The van der Waals surface area contributed by atoms with E-state index in [0.29, 0.717) is 12.4 Å². The molecule has 0 aromatic carbocycles. The fourth-order valence-electron chi connectivity index (χ4n) is 1.78. The van der Waals surface area contributed by atoms with Gasteiger partial charge in [0.05, 0.1) is 5.92 Å². The van der Waals surface area contributed by atoms with Crippen LogP contribution in [0.15, 0.2) is 12.4 Å². The van der Waals surface area contributed by atoms with Crippen LogP contribution >= 0.6 is 0 Å². The lowest BCUT2D eigenvalue weighted by Crippen LogP contribution is -2.34. The van der Waals surface area contributed by atoms with E-state index in [9.17, 15) is 4.79 Å². The molecule has 2 rings (SSSR count). The van der Waals surface area contributed by atoms with Crippen LogP contribution < -0.4 is 5.73 Å². The molecule has 3 N–H and O–H groups in total. The minimum atomic E-state index is -0.314. The third-order valence-electron chi connectivity index (χ3n) is 2.48. The van der Waals surface area contributed by atoms with Crippen molar-refractivity contribution in [2.45, 2.75) is 18.9 Å². The van der Waals surface area contributed by atoms with Gasteiger partial charge in [0.15, 0.2) is 0 Å². The third-order valence-corrected chi connectivity index (χ3v) is 2.48. The SMILES string of the molecule is NC(=O)C1CCCOC1c1ncc[nH]1. The number of carbonyl (C=O) groups is 1. The molecule has 1 aromatic rings. The van der Waals surface area contributed by atoms with Gasteiger partial charge in [0.1, 0.15) is 11.9 Å². The van der Waals surface area contributed by atoms with Crippen molar-refractivity contribution in [3.63, 3.8) is 0 Å². The number of nitrogens with one attached hydrogen (secondary N) is 1. The van der Waals surface area contributed by atoms with E-state index >= 15 is 0 Å². The lowest BCUT2D eigenvalue weighted by molar-refractivity contribution is -0.131. The summed E-state index contributed by atoms with van der Waals surface area (Å²) in [7, 11) is 0. The van der Waals surface area contributed by atoms with Crippen molar-refractivity contribution in [2.24, 2.45) is 11.7 Å². The summed E-state index contributed by atoms with van der Waals surface area (Å²) in [5.74, 6) is 0.120. The molecule has 1 amide bonds. The van der Waals surface area contributed by atoms with E-state index in [1.165, 1.54) is 0 Å². The second-order valence-electron chi connectivity index (χ2n) is 3.42. The molecule has 1 fully saturated rings. The minimum Gasteiger partial charge on any atom is -0.369 e. The quantitative estimate of drug-likeness (QED) is 0.715. The third kappa shape index (κ3) is 1.63. The summed E-state index contributed by atoms with van der Waals surface area (Å²) in [6.07, 6.45) is 4.72. The number of amides is 1. The molecule has 1 saturated heterocycles. The van der Waals surface area contributed by atoms with Gasteiger partial charge in [-0.1, -0.05) is 0 Å². The molecule has 76 valence electrons. The van der Waals surface area contributed by atoms with E-state index in [4.69, 9.17) is 10.5 Å². The van der Waals surface area contributed by atoms with Crippen LogP contribution in [-0.4, -0.2) is 22.5 Å². The van der Waals surface area contributed by atoms with E-state index < -0.39 is 0 Å². The fraction of sp³-hybridized carbons (Fsp3) is 0.556. The Morgan fingerprint density at radius 1 is 1.71 bits per heavy atom. The van der Waals surface area contributed by atoms with Crippen LogP contribution in [-0.2, 0) is 9.53 Å². The molecule has 5 heteroatoms. The molecule has 0 saturated carbocycles. The van der Waals surface area contributed by atoms with E-state index in [-0.39, 0.29) is 17.9 Å². The second kappa shape index (κ2) is 3.79. The molecule has 0 aliphatic carbocycles. The molecule has 5 nitrogen and oxygen atoms in total. The van der Waals surface area contributed by atoms with Crippen LogP contribution in [0.4, 0.5) is 0 Å². The van der Waals surface area contributed by atoms with Gasteiger partial charge in [0.2, 0.25) is 5.91 Å². The average Bonchev–Trinajstić information content (AvgIpc) is 2.70. The van der Waals surface area contributed by atoms with Crippen LogP contribution in [0.2, 0.25) is 0 Å².